The molecule has 2 rings (SSSR count). The van der Waals surface area contributed by atoms with Crippen molar-refractivity contribution >= 4 is 33.7 Å². The van der Waals surface area contributed by atoms with Crippen LogP contribution < -0.4 is 9.47 Å². The molecular weight excluding hydrogens is 327 g/mol. The highest BCUT2D eigenvalue weighted by molar-refractivity contribution is 6.68. The van der Waals surface area contributed by atoms with Crippen molar-refractivity contribution in [1.29, 1.82) is 0 Å². The normalized spacial score (nSPS) is 9.27. The molecule has 2 aromatic carbocycles. The Labute approximate surface area is 138 Å². The minimum absolute atomic E-state index is 0.450. The molecule has 0 unspecified atom stereocenters. The topological polar surface area (TPSA) is 52.6 Å². The Hall–Kier alpha value is -2.04. The lowest BCUT2D eigenvalue weighted by Crippen LogP contribution is -1.89. The van der Waals surface area contributed by atoms with E-state index < -0.39 is 10.5 Å². The predicted octanol–water partition coefficient (Wildman–Crippen LogP) is 4.15. The predicted molar refractivity (Wildman–Crippen MR) is 86.4 cm³/mol. The molecule has 6 heteroatoms. The Morgan fingerprint density at radius 3 is 1.77 bits per heavy atom. The van der Waals surface area contributed by atoms with E-state index in [9.17, 15) is 9.59 Å². The van der Waals surface area contributed by atoms with Crippen molar-refractivity contribution in [3.8, 4) is 11.5 Å². The monoisotopic (exact) mass is 340 g/mol. The van der Waals surface area contributed by atoms with E-state index in [1.807, 2.05) is 0 Å². The van der Waals surface area contributed by atoms with Gasteiger partial charge < -0.3 is 9.47 Å². The van der Waals surface area contributed by atoms with E-state index in [0.29, 0.717) is 22.6 Å². The third-order valence-electron chi connectivity index (χ3n) is 2.61. The first-order chi connectivity index (χ1) is 10.5. The van der Waals surface area contributed by atoms with Gasteiger partial charge in [-0.25, -0.2) is 0 Å². The fraction of sp³-hybridized carbons (Fsp3) is 0.125. The molecule has 0 saturated carbocycles. The van der Waals surface area contributed by atoms with Crippen LogP contribution in [0.2, 0.25) is 0 Å². The smallest absolute Gasteiger partial charge is 0.252 e. The van der Waals surface area contributed by atoms with Gasteiger partial charge in [-0.05, 0) is 65.7 Å². The molecule has 0 fully saturated rings. The van der Waals surface area contributed by atoms with Gasteiger partial charge in [-0.1, -0.05) is 6.07 Å². The summed E-state index contributed by atoms with van der Waals surface area (Å²) in [5.41, 5.74) is 0.929. The molecular formula is C16H14Cl2O4. The standard InChI is InChI=1S/2C8H7ClO2/c1-11-7-4-2-6(3-5-7)8(9)10;1-11-7-4-2-3-6(5-7)8(9)10/h2*2-5H,1H3. The first-order valence-corrected chi connectivity index (χ1v) is 6.91. The number of ether oxygens (including phenoxy) is 2. The van der Waals surface area contributed by atoms with Crippen LogP contribution in [-0.4, -0.2) is 24.7 Å². The van der Waals surface area contributed by atoms with Crippen LogP contribution in [0.25, 0.3) is 0 Å². The Morgan fingerprint density at radius 2 is 1.32 bits per heavy atom. The highest BCUT2D eigenvalue weighted by atomic mass is 35.5. The average Bonchev–Trinajstić information content (AvgIpc) is 2.55. The quantitative estimate of drug-likeness (QED) is 0.784. The SMILES string of the molecule is COc1ccc(C(=O)Cl)cc1.COc1cccc(C(=O)Cl)c1. The molecule has 0 aliphatic carbocycles. The van der Waals surface area contributed by atoms with Crippen LogP contribution in [0.15, 0.2) is 48.5 Å². The van der Waals surface area contributed by atoms with Crippen LogP contribution >= 0.6 is 23.2 Å². The fourth-order valence-corrected chi connectivity index (χ4v) is 1.71. The number of benzene rings is 2. The summed E-state index contributed by atoms with van der Waals surface area (Å²) in [5, 5.41) is -0.920. The van der Waals surface area contributed by atoms with Gasteiger partial charge in [0.05, 0.1) is 14.2 Å². The molecule has 0 atom stereocenters. The maximum Gasteiger partial charge on any atom is 0.252 e. The maximum atomic E-state index is 10.6. The second-order valence-electron chi connectivity index (χ2n) is 4.01. The second kappa shape index (κ2) is 9.07. The Balaban J connectivity index is 0.000000220. The molecule has 0 aromatic heterocycles. The summed E-state index contributed by atoms with van der Waals surface area (Å²) in [5.74, 6) is 1.35. The summed E-state index contributed by atoms with van der Waals surface area (Å²) < 4.78 is 9.79. The number of hydrogen-bond acceptors (Lipinski definition) is 4. The van der Waals surface area contributed by atoms with Gasteiger partial charge >= 0.3 is 0 Å². The zero-order valence-electron chi connectivity index (χ0n) is 12.0. The van der Waals surface area contributed by atoms with Crippen LogP contribution in [-0.2, 0) is 0 Å². The number of hydrogen-bond donors (Lipinski definition) is 0. The Kier molecular flexibility index (Phi) is 7.43. The summed E-state index contributed by atoms with van der Waals surface area (Å²) in [6, 6.07) is 13.3. The minimum atomic E-state index is -0.469. The van der Waals surface area contributed by atoms with Crippen LogP contribution in [0.1, 0.15) is 20.7 Å². The van der Waals surface area contributed by atoms with E-state index in [0.717, 1.165) is 0 Å². The zero-order valence-corrected chi connectivity index (χ0v) is 13.5. The molecule has 116 valence electrons. The largest absolute Gasteiger partial charge is 0.497 e. The van der Waals surface area contributed by atoms with E-state index >= 15 is 0 Å². The van der Waals surface area contributed by atoms with Gasteiger partial charge in [0.15, 0.2) is 0 Å². The van der Waals surface area contributed by atoms with E-state index in [-0.39, 0.29) is 0 Å². The lowest BCUT2D eigenvalue weighted by molar-refractivity contribution is 0.107. The summed E-state index contributed by atoms with van der Waals surface area (Å²) in [6.45, 7) is 0. The maximum absolute atomic E-state index is 10.6. The number of carbonyl (C=O) groups is 2. The van der Waals surface area contributed by atoms with Crippen molar-refractivity contribution in [3.63, 3.8) is 0 Å². The van der Waals surface area contributed by atoms with Crippen molar-refractivity contribution in [2.24, 2.45) is 0 Å². The number of halogens is 2. The first-order valence-electron chi connectivity index (χ1n) is 6.15. The summed E-state index contributed by atoms with van der Waals surface area (Å²) >= 11 is 10.5. The summed E-state index contributed by atoms with van der Waals surface area (Å²) in [7, 11) is 3.11. The highest BCUT2D eigenvalue weighted by Gasteiger charge is 2.01. The van der Waals surface area contributed by atoms with Crippen molar-refractivity contribution in [2.45, 2.75) is 0 Å². The highest BCUT2D eigenvalue weighted by Crippen LogP contribution is 2.14. The molecule has 0 aliphatic rings. The van der Waals surface area contributed by atoms with E-state index in [1.165, 1.54) is 7.11 Å². The lowest BCUT2D eigenvalue weighted by Gasteiger charge is -1.98. The molecule has 0 radical (unpaired) electrons. The van der Waals surface area contributed by atoms with Gasteiger partial charge in [0.2, 0.25) is 0 Å². The molecule has 22 heavy (non-hydrogen) atoms. The van der Waals surface area contributed by atoms with E-state index in [4.69, 9.17) is 32.7 Å². The minimum Gasteiger partial charge on any atom is -0.497 e. The fourth-order valence-electron chi connectivity index (χ4n) is 1.47. The molecule has 0 aliphatic heterocycles. The lowest BCUT2D eigenvalue weighted by atomic mass is 10.2. The van der Waals surface area contributed by atoms with Gasteiger partial charge in [-0.3, -0.25) is 9.59 Å². The Bertz CT molecular complexity index is 639. The number of carbonyl (C=O) groups excluding carboxylic acids is 2. The zero-order chi connectivity index (χ0) is 16.5. The van der Waals surface area contributed by atoms with Crippen molar-refractivity contribution in [3.05, 3.63) is 59.7 Å². The van der Waals surface area contributed by atoms with Crippen molar-refractivity contribution in [1.82, 2.24) is 0 Å². The third-order valence-corrected chi connectivity index (χ3v) is 3.05. The van der Waals surface area contributed by atoms with Gasteiger partial charge in [-0.2, -0.15) is 0 Å². The molecule has 0 bridgehead atoms. The van der Waals surface area contributed by atoms with Gasteiger partial charge in [0, 0.05) is 11.1 Å². The number of rotatable bonds is 4. The van der Waals surface area contributed by atoms with Crippen LogP contribution in [0.5, 0.6) is 11.5 Å². The van der Waals surface area contributed by atoms with Crippen molar-refractivity contribution < 1.29 is 19.1 Å². The second-order valence-corrected chi connectivity index (χ2v) is 4.69. The van der Waals surface area contributed by atoms with Crippen LogP contribution in [0.4, 0.5) is 0 Å². The molecule has 4 nitrogen and oxygen atoms in total. The molecule has 0 saturated heterocycles. The van der Waals surface area contributed by atoms with Crippen LogP contribution in [0, 0.1) is 0 Å². The first kappa shape index (κ1) is 18.0. The molecule has 0 spiro atoms. The summed E-state index contributed by atoms with van der Waals surface area (Å²) in [4.78, 5) is 21.2. The Morgan fingerprint density at radius 1 is 0.773 bits per heavy atom. The van der Waals surface area contributed by atoms with Crippen molar-refractivity contribution in [2.75, 3.05) is 14.2 Å². The molecule has 0 amide bonds. The molecule has 0 heterocycles. The summed E-state index contributed by atoms with van der Waals surface area (Å²) in [6.07, 6.45) is 0. The van der Waals surface area contributed by atoms with Crippen LogP contribution in [0.3, 0.4) is 0 Å². The number of methoxy groups -OCH3 is 2. The van der Waals surface area contributed by atoms with Gasteiger partial charge in [-0.15, -0.1) is 0 Å². The molecule has 0 N–H and O–H groups in total. The average molecular weight is 341 g/mol. The van der Waals surface area contributed by atoms with Gasteiger partial charge in [0.1, 0.15) is 11.5 Å². The van der Waals surface area contributed by atoms with E-state index in [2.05, 4.69) is 0 Å². The van der Waals surface area contributed by atoms with E-state index in [1.54, 1.807) is 55.6 Å². The van der Waals surface area contributed by atoms with Gasteiger partial charge in [0.25, 0.3) is 10.5 Å². The third kappa shape index (κ3) is 5.76. The molecule has 2 aromatic rings.